The summed E-state index contributed by atoms with van der Waals surface area (Å²) < 4.78 is 10.0. The van der Waals surface area contributed by atoms with Crippen LogP contribution in [0.4, 0.5) is 0 Å². The standard InChI is InChI=1S/C11H16INO3/c1-15-9-4-3-8(10(5-9)16-2)6-13-7-11(12)14/h3-5,11,13-14H,6-7H2,1-2H3/t11-/m1/s1. The van der Waals surface area contributed by atoms with E-state index in [0.717, 1.165) is 17.1 Å². The summed E-state index contributed by atoms with van der Waals surface area (Å²) in [6, 6.07) is 5.68. The van der Waals surface area contributed by atoms with E-state index in [0.29, 0.717) is 13.1 Å². The molecule has 0 unspecified atom stereocenters. The van der Waals surface area contributed by atoms with Crippen molar-refractivity contribution in [3.05, 3.63) is 23.8 Å². The molecule has 2 N–H and O–H groups in total. The third-order valence-corrected chi connectivity index (χ3v) is 2.56. The summed E-state index contributed by atoms with van der Waals surface area (Å²) in [6.45, 7) is 1.21. The fraction of sp³-hybridized carbons (Fsp3) is 0.455. The van der Waals surface area contributed by atoms with Crippen molar-refractivity contribution in [1.29, 1.82) is 0 Å². The van der Waals surface area contributed by atoms with Crippen LogP contribution in [0.2, 0.25) is 0 Å². The molecule has 1 atom stereocenters. The number of aliphatic hydroxyl groups is 1. The third-order valence-electron chi connectivity index (χ3n) is 2.12. The zero-order chi connectivity index (χ0) is 12.0. The molecule has 0 amide bonds. The average Bonchev–Trinajstić information content (AvgIpc) is 2.29. The molecule has 0 aliphatic heterocycles. The molecule has 0 spiro atoms. The number of methoxy groups -OCH3 is 2. The highest BCUT2D eigenvalue weighted by atomic mass is 127. The van der Waals surface area contributed by atoms with Crippen molar-refractivity contribution in [3.8, 4) is 11.5 Å². The fourth-order valence-electron chi connectivity index (χ4n) is 1.32. The Morgan fingerprint density at radius 1 is 1.38 bits per heavy atom. The number of alkyl halides is 1. The molecule has 5 heteroatoms. The van der Waals surface area contributed by atoms with Gasteiger partial charge in [-0.15, -0.1) is 0 Å². The lowest BCUT2D eigenvalue weighted by Gasteiger charge is -2.11. The van der Waals surface area contributed by atoms with Crippen LogP contribution in [0.15, 0.2) is 18.2 Å². The summed E-state index contributed by atoms with van der Waals surface area (Å²) in [7, 11) is 3.25. The van der Waals surface area contributed by atoms with Crippen LogP contribution in [-0.2, 0) is 6.54 Å². The number of aliphatic hydroxyl groups excluding tert-OH is 1. The van der Waals surface area contributed by atoms with Crippen LogP contribution >= 0.6 is 22.6 Å². The third kappa shape index (κ3) is 4.15. The summed E-state index contributed by atoms with van der Waals surface area (Å²) in [6.07, 6.45) is 0. The Hall–Kier alpha value is -0.530. The number of rotatable bonds is 6. The minimum Gasteiger partial charge on any atom is -0.497 e. The summed E-state index contributed by atoms with van der Waals surface area (Å²) >= 11 is 1.96. The molecule has 4 nitrogen and oxygen atoms in total. The Morgan fingerprint density at radius 3 is 2.69 bits per heavy atom. The highest BCUT2D eigenvalue weighted by Crippen LogP contribution is 2.24. The number of benzene rings is 1. The van der Waals surface area contributed by atoms with Gasteiger partial charge in [0.05, 0.1) is 14.2 Å². The van der Waals surface area contributed by atoms with Gasteiger partial charge in [-0.25, -0.2) is 0 Å². The van der Waals surface area contributed by atoms with E-state index in [2.05, 4.69) is 5.32 Å². The normalized spacial score (nSPS) is 12.2. The minimum absolute atomic E-state index is 0.373. The first-order valence-corrected chi connectivity index (χ1v) is 6.15. The Labute approximate surface area is 109 Å². The van der Waals surface area contributed by atoms with Gasteiger partial charge in [0.15, 0.2) is 0 Å². The maximum Gasteiger partial charge on any atom is 0.127 e. The van der Waals surface area contributed by atoms with Gasteiger partial charge in [-0.3, -0.25) is 0 Å². The summed E-state index contributed by atoms with van der Waals surface area (Å²) in [5.74, 6) is 1.56. The van der Waals surface area contributed by atoms with Gasteiger partial charge in [-0.1, -0.05) is 28.7 Å². The average molecular weight is 337 g/mol. The number of halogens is 1. The maximum absolute atomic E-state index is 9.11. The summed E-state index contributed by atoms with van der Waals surface area (Å²) in [5.41, 5.74) is 1.04. The van der Waals surface area contributed by atoms with E-state index < -0.39 is 0 Å². The molecule has 0 radical (unpaired) electrons. The molecule has 1 aromatic carbocycles. The van der Waals surface area contributed by atoms with Crippen LogP contribution in [0.25, 0.3) is 0 Å². The van der Waals surface area contributed by atoms with Crippen molar-refractivity contribution >= 4 is 22.6 Å². The molecule has 16 heavy (non-hydrogen) atoms. The molecule has 0 saturated heterocycles. The fourth-order valence-corrected chi connectivity index (χ4v) is 1.64. The maximum atomic E-state index is 9.11. The van der Waals surface area contributed by atoms with E-state index in [1.165, 1.54) is 0 Å². The molecule has 0 aliphatic carbocycles. The second kappa shape index (κ2) is 6.93. The number of hydrogen-bond donors (Lipinski definition) is 2. The molecule has 0 aliphatic rings. The van der Waals surface area contributed by atoms with Crippen molar-refractivity contribution in [2.75, 3.05) is 20.8 Å². The van der Waals surface area contributed by atoms with Crippen molar-refractivity contribution in [3.63, 3.8) is 0 Å². The zero-order valence-corrected chi connectivity index (χ0v) is 11.5. The van der Waals surface area contributed by atoms with Crippen molar-refractivity contribution in [1.82, 2.24) is 5.32 Å². The van der Waals surface area contributed by atoms with Gasteiger partial charge in [0.2, 0.25) is 0 Å². The monoisotopic (exact) mass is 337 g/mol. The van der Waals surface area contributed by atoms with Gasteiger partial charge in [0, 0.05) is 24.7 Å². The lowest BCUT2D eigenvalue weighted by molar-refractivity contribution is 0.272. The summed E-state index contributed by atoms with van der Waals surface area (Å²) in [4.78, 5) is 0. The van der Waals surface area contributed by atoms with Crippen LogP contribution in [0.3, 0.4) is 0 Å². The molecule has 0 bridgehead atoms. The SMILES string of the molecule is COc1ccc(CNC[C@@H](O)I)c(OC)c1. The summed E-state index contributed by atoms with van der Waals surface area (Å²) in [5, 5.41) is 12.2. The van der Waals surface area contributed by atoms with E-state index in [1.54, 1.807) is 14.2 Å². The number of hydrogen-bond acceptors (Lipinski definition) is 4. The van der Waals surface area contributed by atoms with Gasteiger partial charge >= 0.3 is 0 Å². The largest absolute Gasteiger partial charge is 0.497 e. The molecular formula is C11H16INO3. The van der Waals surface area contributed by atoms with E-state index in [4.69, 9.17) is 14.6 Å². The Kier molecular flexibility index (Phi) is 5.86. The van der Waals surface area contributed by atoms with Gasteiger partial charge in [-0.2, -0.15) is 0 Å². The smallest absolute Gasteiger partial charge is 0.127 e. The van der Waals surface area contributed by atoms with Crippen molar-refractivity contribution in [2.24, 2.45) is 0 Å². The molecule has 0 fully saturated rings. The predicted octanol–water partition coefficient (Wildman–Crippen LogP) is 1.55. The quantitative estimate of drug-likeness (QED) is 0.611. The first-order valence-electron chi connectivity index (χ1n) is 4.91. The van der Waals surface area contributed by atoms with E-state index in [1.807, 2.05) is 40.8 Å². The zero-order valence-electron chi connectivity index (χ0n) is 9.37. The minimum atomic E-state index is -0.373. The lowest BCUT2D eigenvalue weighted by atomic mass is 10.2. The molecule has 1 aromatic rings. The lowest BCUT2D eigenvalue weighted by Crippen LogP contribution is -2.22. The molecule has 90 valence electrons. The van der Waals surface area contributed by atoms with Crippen LogP contribution in [0, 0.1) is 0 Å². The number of ether oxygens (including phenoxy) is 2. The van der Waals surface area contributed by atoms with E-state index in [-0.39, 0.29) is 4.11 Å². The molecular weight excluding hydrogens is 321 g/mol. The van der Waals surface area contributed by atoms with Crippen LogP contribution in [0.5, 0.6) is 11.5 Å². The van der Waals surface area contributed by atoms with Crippen LogP contribution < -0.4 is 14.8 Å². The Balaban J connectivity index is 2.64. The number of nitrogens with one attached hydrogen (secondary N) is 1. The van der Waals surface area contributed by atoms with E-state index >= 15 is 0 Å². The van der Waals surface area contributed by atoms with Gasteiger partial charge < -0.3 is 19.9 Å². The highest BCUT2D eigenvalue weighted by Gasteiger charge is 2.05. The Bertz CT molecular complexity index is 331. The second-order valence-electron chi connectivity index (χ2n) is 3.24. The van der Waals surface area contributed by atoms with Crippen molar-refractivity contribution in [2.45, 2.75) is 10.7 Å². The first-order chi connectivity index (χ1) is 7.67. The van der Waals surface area contributed by atoms with Crippen LogP contribution in [0.1, 0.15) is 5.56 Å². The molecule has 0 heterocycles. The second-order valence-corrected chi connectivity index (χ2v) is 4.68. The van der Waals surface area contributed by atoms with E-state index in [9.17, 15) is 0 Å². The molecule has 0 saturated carbocycles. The van der Waals surface area contributed by atoms with Gasteiger partial charge in [0.25, 0.3) is 0 Å². The van der Waals surface area contributed by atoms with Crippen molar-refractivity contribution < 1.29 is 14.6 Å². The molecule has 1 rings (SSSR count). The van der Waals surface area contributed by atoms with Crippen LogP contribution in [-0.4, -0.2) is 30.0 Å². The van der Waals surface area contributed by atoms with Gasteiger partial charge in [-0.05, 0) is 6.07 Å². The first kappa shape index (κ1) is 13.5. The topological polar surface area (TPSA) is 50.7 Å². The highest BCUT2D eigenvalue weighted by molar-refractivity contribution is 14.1. The Morgan fingerprint density at radius 2 is 2.12 bits per heavy atom. The molecule has 0 aromatic heterocycles. The predicted molar refractivity (Wildman–Crippen MR) is 71.3 cm³/mol. The van der Waals surface area contributed by atoms with Gasteiger partial charge in [0.1, 0.15) is 15.6 Å².